The summed E-state index contributed by atoms with van der Waals surface area (Å²) in [4.78, 5) is 9.58. The number of esters is 1. The van der Waals surface area contributed by atoms with E-state index >= 15 is 0 Å². The summed E-state index contributed by atoms with van der Waals surface area (Å²) < 4.78 is 5.09. The summed E-state index contributed by atoms with van der Waals surface area (Å²) in [7, 11) is 0. The van der Waals surface area contributed by atoms with Gasteiger partial charge in [-0.05, 0) is 19.9 Å². The van der Waals surface area contributed by atoms with Crippen LogP contribution in [0.25, 0.3) is 0 Å². The Balaban J connectivity index is 2.50. The van der Waals surface area contributed by atoms with Gasteiger partial charge >= 0.3 is 5.97 Å². The van der Waals surface area contributed by atoms with Crippen molar-refractivity contribution in [2.75, 3.05) is 0 Å². The summed E-state index contributed by atoms with van der Waals surface area (Å²) in [6, 6.07) is 7.63. The van der Waals surface area contributed by atoms with Crippen LogP contribution in [0, 0.1) is 0 Å². The van der Waals surface area contributed by atoms with Crippen LogP contribution in [0.2, 0.25) is 0 Å². The van der Waals surface area contributed by atoms with Gasteiger partial charge < -0.3 is 9.53 Å². The Morgan fingerprint density at radius 2 is 2.00 bits per heavy atom. The predicted octanol–water partition coefficient (Wildman–Crippen LogP) is 2.32. The second kappa shape index (κ2) is 3.02. The molecule has 1 aliphatic heterocycles. The van der Waals surface area contributed by atoms with Gasteiger partial charge in [-0.3, -0.25) is 0 Å². The number of hydrogen-bond acceptors (Lipinski definition) is 2. The van der Waals surface area contributed by atoms with Gasteiger partial charge in [0, 0.05) is 5.56 Å². The molecule has 1 aromatic carbocycles. The number of carbonyl (C=O) groups excluding carboxylic acids is 1. The zero-order valence-electron chi connectivity index (χ0n) is 8.19. The molecule has 74 valence electrons. The van der Waals surface area contributed by atoms with E-state index in [0.29, 0.717) is 0 Å². The molecule has 0 aromatic heterocycles. The number of fused-ring (bicyclic) bond motifs is 1. The van der Waals surface area contributed by atoms with Gasteiger partial charge in [0.2, 0.25) is 6.10 Å². The zero-order valence-corrected chi connectivity index (χ0v) is 9.08. The smallest absolute Gasteiger partial charge is 0.335 e. The molecule has 0 radical (unpaired) electrons. The molecule has 0 saturated heterocycles. The third kappa shape index (κ3) is 1.42. The fourth-order valence-electron chi connectivity index (χ4n) is 1.68. The molecule has 0 fully saturated rings. The van der Waals surface area contributed by atoms with E-state index in [1.807, 2.05) is 38.1 Å². The highest BCUT2D eigenvalue weighted by Gasteiger charge is 2.46. The Kier molecular flexibility index (Phi) is 2.07. The lowest BCUT2D eigenvalue weighted by atomic mass is 9.96. The normalized spacial score (nSPS) is 20.5. The second-order valence-corrected chi connectivity index (χ2v) is 5.20. The number of rotatable bonds is 1. The third-order valence-electron chi connectivity index (χ3n) is 2.34. The molecule has 1 N–H and O–H groups in total. The maximum absolute atomic E-state index is 9.58. The van der Waals surface area contributed by atoms with Crippen molar-refractivity contribution in [2.45, 2.75) is 24.7 Å². The summed E-state index contributed by atoms with van der Waals surface area (Å²) in [5, 5.41) is 0. The summed E-state index contributed by atoms with van der Waals surface area (Å²) >= 11 is 4.47. The molecule has 0 bridgehead atoms. The van der Waals surface area contributed by atoms with E-state index in [4.69, 9.17) is 4.74 Å². The van der Waals surface area contributed by atoms with E-state index in [-0.39, 0.29) is 16.8 Å². The number of hydrogen-bond donors (Lipinski definition) is 1. The molecule has 3 heteroatoms. The topological polar surface area (TPSA) is 30.6 Å². The lowest BCUT2D eigenvalue weighted by Crippen LogP contribution is -2.22. The van der Waals surface area contributed by atoms with Crippen LogP contribution < -0.4 is 0 Å². The molecule has 1 aliphatic rings. The third-order valence-corrected chi connectivity index (χ3v) is 2.58. The highest BCUT2D eigenvalue weighted by molar-refractivity contribution is 7.81. The van der Waals surface area contributed by atoms with Crippen LogP contribution >= 0.6 is 12.6 Å². The molecule has 1 aromatic rings. The Morgan fingerprint density at radius 1 is 1.36 bits per heavy atom. The molecule has 1 heterocycles. The van der Waals surface area contributed by atoms with Gasteiger partial charge in [-0.1, -0.05) is 18.2 Å². The molecule has 0 saturated carbocycles. The first-order valence-electron chi connectivity index (χ1n) is 4.54. The van der Waals surface area contributed by atoms with Crippen LogP contribution in [0.1, 0.15) is 31.1 Å². The van der Waals surface area contributed by atoms with E-state index in [0.717, 1.165) is 11.1 Å². The van der Waals surface area contributed by atoms with E-state index in [9.17, 15) is 4.79 Å². The summed E-state index contributed by atoms with van der Waals surface area (Å²) in [6.45, 7) is 3.94. The molecule has 1 unspecified atom stereocenters. The molecule has 2 nitrogen and oxygen atoms in total. The maximum atomic E-state index is 9.58. The first-order chi connectivity index (χ1) is 6.50. The Morgan fingerprint density at radius 3 is 2.64 bits per heavy atom. The van der Waals surface area contributed by atoms with E-state index in [1.165, 1.54) is 0 Å². The van der Waals surface area contributed by atoms with Crippen LogP contribution in [0.5, 0.6) is 0 Å². The molecular formula is C11H13O2S+. The Bertz CT molecular complexity index is 379. The SMILES string of the molecule is CC(C)(S)C1OC(=[OH+])c2ccccc21. The van der Waals surface area contributed by atoms with Gasteiger partial charge in [-0.15, -0.1) is 0 Å². The standard InChI is InChI=1S/C11H12O2S/c1-11(2,14)9-7-5-3-4-6-8(7)10(12)13-9/h3-6,9,14H,1-2H3/p+1. The minimum atomic E-state index is -0.305. The molecule has 2 rings (SSSR count). The largest absolute Gasteiger partial charge is 0.518 e. The summed E-state index contributed by atoms with van der Waals surface area (Å²) in [5.74, 6) is 0.00715. The van der Waals surface area contributed by atoms with Crippen molar-refractivity contribution >= 4 is 18.6 Å². The first-order valence-corrected chi connectivity index (χ1v) is 4.99. The van der Waals surface area contributed by atoms with Crippen molar-refractivity contribution in [3.05, 3.63) is 35.4 Å². The number of ether oxygens (including phenoxy) is 1. The average molecular weight is 209 g/mol. The minimum Gasteiger partial charge on any atom is -0.335 e. The van der Waals surface area contributed by atoms with Crippen LogP contribution in [0.4, 0.5) is 0 Å². The van der Waals surface area contributed by atoms with Crippen molar-refractivity contribution in [2.24, 2.45) is 0 Å². The number of cyclic esters (lactones) is 1. The van der Waals surface area contributed by atoms with Crippen LogP contribution in [-0.2, 0) is 4.74 Å². The van der Waals surface area contributed by atoms with E-state index < -0.39 is 0 Å². The Hall–Kier alpha value is -0.960. The van der Waals surface area contributed by atoms with Gasteiger partial charge in [0.15, 0.2) is 0 Å². The highest BCUT2D eigenvalue weighted by Crippen LogP contribution is 2.40. The van der Waals surface area contributed by atoms with Crippen LogP contribution in [0.3, 0.4) is 0 Å². The van der Waals surface area contributed by atoms with Gasteiger partial charge in [-0.2, -0.15) is 12.6 Å². The van der Waals surface area contributed by atoms with Gasteiger partial charge in [0.05, 0.1) is 4.75 Å². The van der Waals surface area contributed by atoms with Crippen molar-refractivity contribution < 1.29 is 9.53 Å². The lowest BCUT2D eigenvalue weighted by Gasteiger charge is -2.19. The average Bonchev–Trinajstić information content (AvgIpc) is 2.44. The molecular weight excluding hydrogens is 196 g/mol. The van der Waals surface area contributed by atoms with Gasteiger partial charge in [-0.25, -0.2) is 0 Å². The molecule has 14 heavy (non-hydrogen) atoms. The van der Waals surface area contributed by atoms with Crippen molar-refractivity contribution in [3.8, 4) is 0 Å². The molecule has 0 amide bonds. The molecule has 0 spiro atoms. The van der Waals surface area contributed by atoms with Crippen molar-refractivity contribution in [1.82, 2.24) is 0 Å². The van der Waals surface area contributed by atoms with Crippen molar-refractivity contribution in [3.63, 3.8) is 0 Å². The fraction of sp³-hybridized carbons (Fsp3) is 0.364. The quantitative estimate of drug-likeness (QED) is 0.429. The molecule has 1 atom stereocenters. The van der Waals surface area contributed by atoms with Crippen LogP contribution in [-0.4, -0.2) is 15.5 Å². The maximum Gasteiger partial charge on any atom is 0.518 e. The van der Waals surface area contributed by atoms with E-state index in [2.05, 4.69) is 12.6 Å². The fourth-order valence-corrected chi connectivity index (χ4v) is 1.88. The van der Waals surface area contributed by atoms with Crippen molar-refractivity contribution in [1.29, 1.82) is 0 Å². The number of thiol groups is 1. The summed E-state index contributed by atoms with van der Waals surface area (Å²) in [5.41, 5.74) is 1.78. The zero-order chi connectivity index (χ0) is 10.3. The first kappa shape index (κ1) is 9.59. The lowest BCUT2D eigenvalue weighted by molar-refractivity contribution is 0.160. The van der Waals surface area contributed by atoms with Gasteiger partial charge in [0.1, 0.15) is 5.56 Å². The summed E-state index contributed by atoms with van der Waals surface area (Å²) in [6.07, 6.45) is -0.179. The Labute approximate surface area is 88.7 Å². The van der Waals surface area contributed by atoms with E-state index in [1.54, 1.807) is 0 Å². The predicted molar refractivity (Wildman–Crippen MR) is 59.4 cm³/mol. The number of benzene rings is 1. The van der Waals surface area contributed by atoms with Gasteiger partial charge in [0.25, 0.3) is 0 Å². The monoisotopic (exact) mass is 209 g/mol. The molecule has 0 aliphatic carbocycles. The second-order valence-electron chi connectivity index (χ2n) is 4.04. The van der Waals surface area contributed by atoms with Crippen LogP contribution in [0.15, 0.2) is 24.3 Å². The minimum absolute atomic E-state index is 0.00715. The highest BCUT2D eigenvalue weighted by atomic mass is 32.1.